The van der Waals surface area contributed by atoms with E-state index in [0.29, 0.717) is 17.3 Å². The number of carbonyl (C=O) groups excluding carboxylic acids is 1. The molecule has 0 unspecified atom stereocenters. The number of hydrogen-bond donors (Lipinski definition) is 1. The van der Waals surface area contributed by atoms with Crippen molar-refractivity contribution < 1.29 is 14.5 Å². The zero-order chi connectivity index (χ0) is 21.8. The molecule has 0 spiro atoms. The van der Waals surface area contributed by atoms with Crippen molar-refractivity contribution in [2.24, 2.45) is 0 Å². The van der Waals surface area contributed by atoms with Gasteiger partial charge in [-0.2, -0.15) is 5.10 Å². The van der Waals surface area contributed by atoms with Gasteiger partial charge in [-0.25, -0.2) is 0 Å². The topological polar surface area (TPSA) is 99.3 Å². The number of nitrogens with zero attached hydrogens (tertiary/aromatic N) is 3. The van der Waals surface area contributed by atoms with Crippen molar-refractivity contribution >= 4 is 51.5 Å². The number of non-ortho nitro benzene ring substituents is 1. The van der Waals surface area contributed by atoms with Crippen molar-refractivity contribution in [3.63, 3.8) is 0 Å². The molecule has 3 aromatic rings. The van der Waals surface area contributed by atoms with Crippen molar-refractivity contribution in [2.45, 2.75) is 26.8 Å². The first-order valence-electron chi connectivity index (χ1n) is 8.94. The fourth-order valence-corrected chi connectivity index (χ4v) is 3.23. The van der Waals surface area contributed by atoms with Crippen LogP contribution in [0.3, 0.4) is 0 Å². The molecule has 156 valence electrons. The van der Waals surface area contributed by atoms with Gasteiger partial charge in [-0.15, -0.1) is 0 Å². The lowest BCUT2D eigenvalue weighted by Crippen LogP contribution is -2.15. The fraction of sp³-hybridized carbons (Fsp3) is 0.200. The summed E-state index contributed by atoms with van der Waals surface area (Å²) < 4.78 is 8.46. The van der Waals surface area contributed by atoms with E-state index in [1.165, 1.54) is 18.2 Å². The Hall–Kier alpha value is -2.66. The molecule has 1 heterocycles. The minimum absolute atomic E-state index is 0.173. The first-order valence-corrected chi connectivity index (χ1v) is 10.4. The molecule has 0 aliphatic heterocycles. The monoisotopic (exact) mass is 540 g/mol. The van der Waals surface area contributed by atoms with E-state index >= 15 is 0 Å². The summed E-state index contributed by atoms with van der Waals surface area (Å²) in [6.45, 7) is 4.12. The number of rotatable bonds is 7. The van der Waals surface area contributed by atoms with Crippen LogP contribution in [0.5, 0.6) is 11.5 Å². The molecule has 0 fully saturated rings. The number of nitro groups is 1. The minimum Gasteiger partial charge on any atom is -0.457 e. The Bertz CT molecular complexity index is 1100. The second kappa shape index (κ2) is 9.43. The highest BCUT2D eigenvalue weighted by molar-refractivity contribution is 14.1. The van der Waals surface area contributed by atoms with Crippen molar-refractivity contribution in [3.8, 4) is 11.5 Å². The molecule has 1 aromatic heterocycles. The molecule has 0 saturated heterocycles. The first-order chi connectivity index (χ1) is 14.2. The lowest BCUT2D eigenvalue weighted by molar-refractivity contribution is -0.384. The van der Waals surface area contributed by atoms with Crippen LogP contribution in [0.15, 0.2) is 42.6 Å². The molecule has 0 aliphatic rings. The Balaban J connectivity index is 1.73. The molecule has 0 atom stereocenters. The quantitative estimate of drug-likeness (QED) is 0.243. The highest BCUT2D eigenvalue weighted by atomic mass is 127. The van der Waals surface area contributed by atoms with E-state index in [9.17, 15) is 14.9 Å². The third kappa shape index (κ3) is 5.70. The van der Waals surface area contributed by atoms with Gasteiger partial charge in [0.05, 0.1) is 25.9 Å². The standard InChI is InChI=1S/C20H18ClIN4O4/c1-12-7-16(3-4-18(12)21)30-17-9-14(8-15(10-17)26(28)29)23-20(27)5-6-25-11-19(22)13(2)24-25/h3-4,7-11H,5-6H2,1-2H3,(H,23,27). The second-order valence-corrected chi connectivity index (χ2v) is 8.18. The molecule has 3 rings (SSSR count). The Kier molecular flexibility index (Phi) is 6.93. The Morgan fingerprint density at radius 1 is 1.27 bits per heavy atom. The number of nitrogens with one attached hydrogen (secondary N) is 1. The average molecular weight is 541 g/mol. The van der Waals surface area contributed by atoms with Crippen molar-refractivity contribution in [1.29, 1.82) is 0 Å². The van der Waals surface area contributed by atoms with Gasteiger partial charge < -0.3 is 10.1 Å². The molecule has 0 aliphatic carbocycles. The minimum atomic E-state index is -0.538. The molecule has 0 bridgehead atoms. The number of amides is 1. The maximum Gasteiger partial charge on any atom is 0.275 e. The van der Waals surface area contributed by atoms with Crippen molar-refractivity contribution in [3.05, 3.63) is 72.6 Å². The first kappa shape index (κ1) is 22.0. The smallest absolute Gasteiger partial charge is 0.275 e. The van der Waals surface area contributed by atoms with E-state index in [0.717, 1.165) is 14.8 Å². The van der Waals surface area contributed by atoms with Crippen LogP contribution in [0, 0.1) is 27.5 Å². The van der Waals surface area contributed by atoms with E-state index in [1.54, 1.807) is 22.9 Å². The summed E-state index contributed by atoms with van der Waals surface area (Å²) in [5.41, 5.74) is 1.80. The van der Waals surface area contributed by atoms with Gasteiger partial charge in [-0.3, -0.25) is 19.6 Å². The normalized spacial score (nSPS) is 10.7. The Morgan fingerprint density at radius 3 is 2.67 bits per heavy atom. The number of aromatic nitrogens is 2. The number of ether oxygens (including phenoxy) is 1. The van der Waals surface area contributed by atoms with E-state index < -0.39 is 4.92 Å². The van der Waals surface area contributed by atoms with Gasteiger partial charge in [-0.05, 0) is 60.2 Å². The average Bonchev–Trinajstić information content (AvgIpc) is 3.00. The third-order valence-electron chi connectivity index (χ3n) is 4.21. The summed E-state index contributed by atoms with van der Waals surface area (Å²) in [5, 5.41) is 18.9. The molecule has 2 aromatic carbocycles. The zero-order valence-electron chi connectivity index (χ0n) is 16.2. The van der Waals surface area contributed by atoms with Crippen molar-refractivity contribution in [2.75, 3.05) is 5.32 Å². The van der Waals surface area contributed by atoms with Crippen LogP contribution in [0.1, 0.15) is 17.7 Å². The van der Waals surface area contributed by atoms with Crippen LogP contribution in [-0.4, -0.2) is 20.6 Å². The molecule has 0 radical (unpaired) electrons. The summed E-state index contributed by atoms with van der Waals surface area (Å²) in [4.78, 5) is 23.1. The van der Waals surface area contributed by atoms with Crippen LogP contribution in [0.4, 0.5) is 11.4 Å². The highest BCUT2D eigenvalue weighted by Gasteiger charge is 2.14. The molecule has 0 saturated carbocycles. The number of carbonyl (C=O) groups is 1. The summed E-state index contributed by atoms with van der Waals surface area (Å²) in [7, 11) is 0. The second-order valence-electron chi connectivity index (χ2n) is 6.61. The number of benzene rings is 2. The molecular weight excluding hydrogens is 523 g/mol. The van der Waals surface area contributed by atoms with Crippen molar-refractivity contribution in [1.82, 2.24) is 9.78 Å². The highest BCUT2D eigenvalue weighted by Crippen LogP contribution is 2.31. The fourth-order valence-electron chi connectivity index (χ4n) is 2.68. The number of anilines is 1. The number of aryl methyl sites for hydroxylation is 3. The number of hydrogen-bond acceptors (Lipinski definition) is 5. The van der Waals surface area contributed by atoms with Crippen LogP contribution < -0.4 is 10.1 Å². The lowest BCUT2D eigenvalue weighted by Gasteiger charge is -2.10. The van der Waals surface area contributed by atoms with Crippen LogP contribution in [0.25, 0.3) is 0 Å². The molecular formula is C20H18ClIN4O4. The predicted molar refractivity (Wildman–Crippen MR) is 122 cm³/mol. The predicted octanol–water partition coefficient (Wildman–Crippen LogP) is 5.49. The third-order valence-corrected chi connectivity index (χ3v) is 5.69. The van der Waals surface area contributed by atoms with Crippen LogP contribution in [-0.2, 0) is 11.3 Å². The maximum absolute atomic E-state index is 12.3. The summed E-state index contributed by atoms with van der Waals surface area (Å²) in [5.74, 6) is 0.434. The van der Waals surface area contributed by atoms with Gasteiger partial charge in [0.25, 0.3) is 5.69 Å². The van der Waals surface area contributed by atoms with E-state index in [2.05, 4.69) is 33.0 Å². The van der Waals surface area contributed by atoms with E-state index in [1.807, 2.05) is 20.0 Å². The zero-order valence-corrected chi connectivity index (χ0v) is 19.1. The van der Waals surface area contributed by atoms with Gasteiger partial charge in [0, 0.05) is 36.3 Å². The summed E-state index contributed by atoms with van der Waals surface area (Å²) in [6.07, 6.45) is 2.03. The summed E-state index contributed by atoms with van der Waals surface area (Å²) >= 11 is 8.20. The van der Waals surface area contributed by atoms with Crippen LogP contribution in [0.2, 0.25) is 5.02 Å². The number of nitro benzene ring substituents is 1. The van der Waals surface area contributed by atoms with Gasteiger partial charge in [0.2, 0.25) is 5.91 Å². The summed E-state index contributed by atoms with van der Waals surface area (Å²) in [6, 6.07) is 9.21. The van der Waals surface area contributed by atoms with Gasteiger partial charge in [-0.1, -0.05) is 11.6 Å². The molecule has 30 heavy (non-hydrogen) atoms. The van der Waals surface area contributed by atoms with Gasteiger partial charge in [0.15, 0.2) is 0 Å². The SMILES string of the molecule is Cc1cc(Oc2cc(NC(=O)CCn3cc(I)c(C)n3)cc([N+](=O)[O-])c2)ccc1Cl. The Labute approximate surface area is 191 Å². The van der Waals surface area contributed by atoms with Gasteiger partial charge >= 0.3 is 0 Å². The maximum atomic E-state index is 12.3. The van der Waals surface area contributed by atoms with E-state index in [4.69, 9.17) is 16.3 Å². The molecule has 1 N–H and O–H groups in total. The molecule has 1 amide bonds. The van der Waals surface area contributed by atoms with Gasteiger partial charge in [0.1, 0.15) is 11.5 Å². The van der Waals surface area contributed by atoms with Crippen LogP contribution >= 0.6 is 34.2 Å². The van der Waals surface area contributed by atoms with E-state index in [-0.39, 0.29) is 29.5 Å². The molecule has 8 nitrogen and oxygen atoms in total. The largest absolute Gasteiger partial charge is 0.457 e. The molecule has 10 heteroatoms. The number of halogens is 2. The lowest BCUT2D eigenvalue weighted by atomic mass is 10.2. The Morgan fingerprint density at radius 2 is 2.03 bits per heavy atom.